The maximum Gasteiger partial charge on any atom is 0.287 e. The van der Waals surface area contributed by atoms with Crippen molar-refractivity contribution in [1.29, 1.82) is 0 Å². The van der Waals surface area contributed by atoms with E-state index in [0.29, 0.717) is 6.42 Å². The Morgan fingerprint density at radius 3 is 2.45 bits per heavy atom. The molecule has 158 valence electrons. The lowest BCUT2D eigenvalue weighted by Gasteiger charge is -2.22. The SMILES string of the molecule is C[C@H](NC(=O)c1ccco1)C(=O)N[C@@H](Cc1nc2ccccc2n1C)c1ccccc1. The van der Waals surface area contributed by atoms with Crippen molar-refractivity contribution in [1.82, 2.24) is 20.2 Å². The number of furan rings is 1. The fourth-order valence-electron chi connectivity index (χ4n) is 3.54. The van der Waals surface area contributed by atoms with E-state index in [1.54, 1.807) is 19.1 Å². The second-order valence-electron chi connectivity index (χ2n) is 7.42. The van der Waals surface area contributed by atoms with Crippen LogP contribution in [0.4, 0.5) is 0 Å². The van der Waals surface area contributed by atoms with Crippen LogP contribution < -0.4 is 10.6 Å². The Morgan fingerprint density at radius 2 is 1.74 bits per heavy atom. The Balaban J connectivity index is 1.53. The molecule has 2 amide bonds. The van der Waals surface area contributed by atoms with Gasteiger partial charge in [-0.05, 0) is 36.8 Å². The summed E-state index contributed by atoms with van der Waals surface area (Å²) in [6.07, 6.45) is 1.93. The fourth-order valence-corrected chi connectivity index (χ4v) is 3.54. The predicted octanol–water partition coefficient (Wildman–Crippen LogP) is 3.38. The number of rotatable bonds is 7. The normalized spacial score (nSPS) is 13.0. The molecule has 2 N–H and O–H groups in total. The van der Waals surface area contributed by atoms with E-state index in [2.05, 4.69) is 10.6 Å². The minimum Gasteiger partial charge on any atom is -0.459 e. The van der Waals surface area contributed by atoms with Gasteiger partial charge in [-0.25, -0.2) is 4.98 Å². The van der Waals surface area contributed by atoms with Gasteiger partial charge in [0.2, 0.25) is 5.91 Å². The number of carbonyl (C=O) groups excluding carboxylic acids is 2. The van der Waals surface area contributed by atoms with E-state index < -0.39 is 11.9 Å². The molecule has 4 aromatic rings. The molecule has 0 aliphatic heterocycles. The number of imidazole rings is 1. The average molecular weight is 416 g/mol. The Kier molecular flexibility index (Phi) is 5.84. The van der Waals surface area contributed by atoms with Crippen molar-refractivity contribution in [3.05, 3.63) is 90.1 Å². The topological polar surface area (TPSA) is 89.2 Å². The molecule has 0 spiro atoms. The van der Waals surface area contributed by atoms with E-state index in [1.165, 1.54) is 6.26 Å². The van der Waals surface area contributed by atoms with E-state index in [4.69, 9.17) is 9.40 Å². The number of aryl methyl sites for hydroxylation is 1. The molecule has 4 rings (SSSR count). The molecule has 0 unspecified atom stereocenters. The first kappa shape index (κ1) is 20.4. The van der Waals surface area contributed by atoms with E-state index in [-0.39, 0.29) is 17.7 Å². The molecule has 0 fully saturated rings. The van der Waals surface area contributed by atoms with Gasteiger partial charge >= 0.3 is 0 Å². The summed E-state index contributed by atoms with van der Waals surface area (Å²) in [6, 6.07) is 19.8. The second kappa shape index (κ2) is 8.87. The van der Waals surface area contributed by atoms with Crippen LogP contribution in [-0.2, 0) is 18.3 Å². The zero-order valence-corrected chi connectivity index (χ0v) is 17.4. The fraction of sp³-hybridized carbons (Fsp3) is 0.208. The Labute approximate surface area is 180 Å². The maximum absolute atomic E-state index is 12.9. The molecule has 0 aliphatic carbocycles. The van der Waals surface area contributed by atoms with Crippen molar-refractivity contribution in [2.45, 2.75) is 25.4 Å². The smallest absolute Gasteiger partial charge is 0.287 e. The average Bonchev–Trinajstić information content (AvgIpc) is 3.43. The maximum atomic E-state index is 12.9. The molecule has 0 bridgehead atoms. The number of nitrogens with one attached hydrogen (secondary N) is 2. The molecule has 0 saturated heterocycles. The lowest BCUT2D eigenvalue weighted by molar-refractivity contribution is -0.123. The van der Waals surface area contributed by atoms with Gasteiger partial charge in [-0.1, -0.05) is 42.5 Å². The highest BCUT2D eigenvalue weighted by molar-refractivity contribution is 5.95. The van der Waals surface area contributed by atoms with Gasteiger partial charge in [0, 0.05) is 13.5 Å². The van der Waals surface area contributed by atoms with Crippen molar-refractivity contribution in [2.75, 3.05) is 0 Å². The van der Waals surface area contributed by atoms with Crippen molar-refractivity contribution in [2.24, 2.45) is 7.05 Å². The third-order valence-electron chi connectivity index (χ3n) is 5.27. The second-order valence-corrected chi connectivity index (χ2v) is 7.42. The van der Waals surface area contributed by atoms with E-state index in [0.717, 1.165) is 22.4 Å². The molecule has 0 aliphatic rings. The van der Waals surface area contributed by atoms with Gasteiger partial charge in [0.25, 0.3) is 5.91 Å². The first-order valence-electron chi connectivity index (χ1n) is 10.1. The summed E-state index contributed by atoms with van der Waals surface area (Å²) in [5.41, 5.74) is 2.92. The minimum atomic E-state index is -0.732. The van der Waals surface area contributed by atoms with Gasteiger partial charge in [0.1, 0.15) is 11.9 Å². The van der Waals surface area contributed by atoms with E-state index >= 15 is 0 Å². The number of hydrogen-bond acceptors (Lipinski definition) is 4. The summed E-state index contributed by atoms with van der Waals surface area (Å²) in [7, 11) is 1.97. The molecule has 2 aromatic carbocycles. The van der Waals surface area contributed by atoms with Crippen molar-refractivity contribution in [3.63, 3.8) is 0 Å². The summed E-state index contributed by atoms with van der Waals surface area (Å²) in [6.45, 7) is 1.65. The summed E-state index contributed by atoms with van der Waals surface area (Å²) >= 11 is 0. The Morgan fingerprint density at radius 1 is 1.00 bits per heavy atom. The van der Waals surface area contributed by atoms with Crippen LogP contribution in [0.1, 0.15) is 34.9 Å². The molecule has 31 heavy (non-hydrogen) atoms. The third-order valence-corrected chi connectivity index (χ3v) is 5.27. The number of hydrogen-bond donors (Lipinski definition) is 2. The van der Waals surface area contributed by atoms with E-state index in [1.807, 2.05) is 66.2 Å². The molecule has 0 saturated carbocycles. The number of carbonyl (C=O) groups is 2. The van der Waals surface area contributed by atoms with Gasteiger partial charge in [0.05, 0.1) is 23.3 Å². The van der Waals surface area contributed by atoms with Crippen LogP contribution in [0, 0.1) is 0 Å². The summed E-state index contributed by atoms with van der Waals surface area (Å²) in [5.74, 6) is 0.313. The van der Waals surface area contributed by atoms with Crippen LogP contribution in [0.25, 0.3) is 11.0 Å². The monoisotopic (exact) mass is 416 g/mol. The van der Waals surface area contributed by atoms with Gasteiger partial charge in [-0.2, -0.15) is 0 Å². The largest absolute Gasteiger partial charge is 0.459 e. The van der Waals surface area contributed by atoms with Crippen LogP contribution in [0.3, 0.4) is 0 Å². The molecule has 2 atom stereocenters. The van der Waals surface area contributed by atoms with Gasteiger partial charge < -0.3 is 19.6 Å². The van der Waals surface area contributed by atoms with Crippen molar-refractivity contribution < 1.29 is 14.0 Å². The first-order chi connectivity index (χ1) is 15.0. The summed E-state index contributed by atoms with van der Waals surface area (Å²) in [4.78, 5) is 29.9. The van der Waals surface area contributed by atoms with Crippen LogP contribution in [-0.4, -0.2) is 27.4 Å². The highest BCUT2D eigenvalue weighted by atomic mass is 16.3. The van der Waals surface area contributed by atoms with Gasteiger partial charge in [0.15, 0.2) is 5.76 Å². The van der Waals surface area contributed by atoms with Gasteiger partial charge in [-0.3, -0.25) is 9.59 Å². The van der Waals surface area contributed by atoms with Crippen LogP contribution in [0.5, 0.6) is 0 Å². The lowest BCUT2D eigenvalue weighted by atomic mass is 10.0. The predicted molar refractivity (Wildman–Crippen MR) is 117 cm³/mol. The summed E-state index contributed by atoms with van der Waals surface area (Å²) < 4.78 is 7.13. The van der Waals surface area contributed by atoms with Crippen LogP contribution in [0.2, 0.25) is 0 Å². The standard InChI is InChI=1S/C24H24N4O3/c1-16(25-24(30)21-13-8-14-31-21)23(29)27-19(17-9-4-3-5-10-17)15-22-26-18-11-6-7-12-20(18)28(22)2/h3-14,16,19H,15H2,1-2H3,(H,25,30)(H,27,29)/t16-,19-/m0/s1. The number of nitrogens with zero attached hydrogens (tertiary/aromatic N) is 2. The van der Waals surface area contributed by atoms with Gasteiger partial charge in [-0.15, -0.1) is 0 Å². The van der Waals surface area contributed by atoms with Crippen LogP contribution >= 0.6 is 0 Å². The number of aromatic nitrogens is 2. The lowest BCUT2D eigenvalue weighted by Crippen LogP contribution is -2.46. The number of amides is 2. The number of fused-ring (bicyclic) bond motifs is 1. The van der Waals surface area contributed by atoms with Crippen molar-refractivity contribution in [3.8, 4) is 0 Å². The highest BCUT2D eigenvalue weighted by Crippen LogP contribution is 2.21. The minimum absolute atomic E-state index is 0.166. The molecule has 7 nitrogen and oxygen atoms in total. The zero-order valence-electron chi connectivity index (χ0n) is 17.4. The molecular weight excluding hydrogens is 392 g/mol. The molecule has 7 heteroatoms. The Hall–Kier alpha value is -3.87. The zero-order chi connectivity index (χ0) is 21.8. The summed E-state index contributed by atoms with van der Waals surface area (Å²) in [5, 5.41) is 5.74. The number of benzene rings is 2. The van der Waals surface area contributed by atoms with E-state index in [9.17, 15) is 9.59 Å². The first-order valence-corrected chi connectivity index (χ1v) is 10.1. The quantitative estimate of drug-likeness (QED) is 0.483. The molecule has 2 heterocycles. The third kappa shape index (κ3) is 4.50. The van der Waals surface area contributed by atoms with Crippen molar-refractivity contribution >= 4 is 22.8 Å². The Bertz CT molecular complexity index is 1180. The number of para-hydroxylation sites is 2. The molecule has 0 radical (unpaired) electrons. The molecular formula is C24H24N4O3. The van der Waals surface area contributed by atoms with Crippen LogP contribution in [0.15, 0.2) is 77.4 Å². The molecule has 2 aromatic heterocycles. The highest BCUT2D eigenvalue weighted by Gasteiger charge is 2.23.